The first-order chi connectivity index (χ1) is 6.56. The fourth-order valence-electron chi connectivity index (χ4n) is 1.92. The molecule has 0 aromatic heterocycles. The largest absolute Gasteiger partial charge is 0.345 e. The number of halogens is 1. The van der Waals surface area contributed by atoms with Gasteiger partial charge in [-0.05, 0) is 25.7 Å². The highest BCUT2D eigenvalue weighted by Gasteiger charge is 2.28. The molecule has 1 aliphatic rings. The number of nitriles is 1. The van der Waals surface area contributed by atoms with E-state index in [1.807, 2.05) is 7.85 Å². The van der Waals surface area contributed by atoms with Crippen LogP contribution in [0.3, 0.4) is 0 Å². The molecule has 14 heavy (non-hydrogen) atoms. The molecular weight excluding hydrogens is 290 g/mol. The molecule has 0 aromatic rings. The van der Waals surface area contributed by atoms with Gasteiger partial charge in [0.1, 0.15) is 7.85 Å². The van der Waals surface area contributed by atoms with E-state index in [1.165, 1.54) is 0 Å². The minimum Gasteiger partial charge on any atom is -0.345 e. The van der Waals surface area contributed by atoms with Gasteiger partial charge in [-0.2, -0.15) is 5.26 Å². The van der Waals surface area contributed by atoms with Crippen molar-refractivity contribution in [3.05, 3.63) is 0 Å². The fourth-order valence-corrected chi connectivity index (χ4v) is 2.36. The average molecular weight is 304 g/mol. The molecule has 1 N–H and O–H groups in total. The standard InChI is InChI=1S/C9H14BIN2O/c10-9(6-12)4-1-2-7(3-5-9)13-8(11)14/h7H,1-5,10H2,(H,13,14). The number of carbonyl (C=O) groups excluding carboxylic acids is 1. The van der Waals surface area contributed by atoms with Gasteiger partial charge in [0.15, 0.2) is 0 Å². The summed E-state index contributed by atoms with van der Waals surface area (Å²) in [5, 5.41) is 11.8. The fraction of sp³-hybridized carbons (Fsp3) is 0.778. The molecule has 5 heteroatoms. The lowest BCUT2D eigenvalue weighted by Gasteiger charge is -2.18. The summed E-state index contributed by atoms with van der Waals surface area (Å²) in [4.78, 5) is 10.9. The molecule has 1 saturated carbocycles. The van der Waals surface area contributed by atoms with Crippen LogP contribution in [0.2, 0.25) is 5.31 Å². The van der Waals surface area contributed by atoms with Gasteiger partial charge in [0.25, 0.3) is 3.91 Å². The van der Waals surface area contributed by atoms with Crippen molar-refractivity contribution in [2.24, 2.45) is 0 Å². The molecule has 0 bridgehead atoms. The van der Waals surface area contributed by atoms with Gasteiger partial charge in [-0.1, -0.05) is 6.42 Å². The lowest BCUT2D eigenvalue weighted by molar-refractivity contribution is 0.258. The first-order valence-electron chi connectivity index (χ1n) is 4.93. The normalized spacial score (nSPS) is 32.7. The maximum absolute atomic E-state index is 10.9. The molecule has 0 aliphatic heterocycles. The second kappa shape index (κ2) is 5.01. The van der Waals surface area contributed by atoms with Gasteiger partial charge >= 0.3 is 0 Å². The van der Waals surface area contributed by atoms with Crippen molar-refractivity contribution in [3.8, 4) is 6.07 Å². The highest BCUT2D eigenvalue weighted by molar-refractivity contribution is 14.1. The van der Waals surface area contributed by atoms with Gasteiger partial charge < -0.3 is 5.32 Å². The average Bonchev–Trinajstić information content (AvgIpc) is 2.29. The maximum Gasteiger partial charge on any atom is 0.280 e. The molecule has 1 aliphatic carbocycles. The van der Waals surface area contributed by atoms with Crippen LogP contribution < -0.4 is 5.32 Å². The zero-order valence-corrected chi connectivity index (χ0v) is 10.5. The molecule has 1 rings (SSSR count). The van der Waals surface area contributed by atoms with E-state index in [9.17, 15) is 4.79 Å². The molecule has 0 spiro atoms. The van der Waals surface area contributed by atoms with Crippen LogP contribution in [0, 0.1) is 11.3 Å². The lowest BCUT2D eigenvalue weighted by atomic mass is 9.65. The predicted molar refractivity (Wildman–Crippen MR) is 66.3 cm³/mol. The Kier molecular flexibility index (Phi) is 4.23. The summed E-state index contributed by atoms with van der Waals surface area (Å²) in [6.45, 7) is 0. The maximum atomic E-state index is 10.9. The third kappa shape index (κ3) is 3.48. The van der Waals surface area contributed by atoms with Crippen LogP contribution in [0.15, 0.2) is 0 Å². The monoisotopic (exact) mass is 304 g/mol. The first-order valence-corrected chi connectivity index (χ1v) is 6.01. The molecule has 0 saturated heterocycles. The predicted octanol–water partition coefficient (Wildman–Crippen LogP) is 1.78. The number of rotatable bonds is 1. The molecule has 76 valence electrons. The van der Waals surface area contributed by atoms with Crippen LogP contribution in [0.25, 0.3) is 0 Å². The van der Waals surface area contributed by atoms with E-state index in [0.29, 0.717) is 0 Å². The highest BCUT2D eigenvalue weighted by Crippen LogP contribution is 2.37. The van der Waals surface area contributed by atoms with Gasteiger partial charge in [-0.25, -0.2) is 0 Å². The Morgan fingerprint density at radius 1 is 1.57 bits per heavy atom. The number of amides is 1. The minimum absolute atomic E-state index is 0.00756. The Balaban J connectivity index is 2.49. The van der Waals surface area contributed by atoms with Crippen molar-refractivity contribution in [3.63, 3.8) is 0 Å². The molecule has 3 nitrogen and oxygen atoms in total. The topological polar surface area (TPSA) is 52.9 Å². The Morgan fingerprint density at radius 3 is 2.86 bits per heavy atom. The van der Waals surface area contributed by atoms with Crippen LogP contribution in [-0.2, 0) is 0 Å². The van der Waals surface area contributed by atoms with E-state index >= 15 is 0 Å². The number of hydrogen-bond acceptors (Lipinski definition) is 2. The van der Waals surface area contributed by atoms with E-state index < -0.39 is 0 Å². The molecule has 2 atom stereocenters. The summed E-state index contributed by atoms with van der Waals surface area (Å²) in [6.07, 6.45) is 4.82. The lowest BCUT2D eigenvalue weighted by Crippen LogP contribution is -2.30. The van der Waals surface area contributed by atoms with Gasteiger partial charge in [-0.15, -0.1) is 0 Å². The summed E-state index contributed by atoms with van der Waals surface area (Å²) >= 11 is 1.76. The third-order valence-corrected chi connectivity index (χ3v) is 3.22. The second-order valence-electron chi connectivity index (χ2n) is 4.22. The highest BCUT2D eigenvalue weighted by atomic mass is 127. The first kappa shape index (κ1) is 11.8. The minimum atomic E-state index is -0.176. The van der Waals surface area contributed by atoms with Gasteiger partial charge in [-0.3, -0.25) is 4.79 Å². The van der Waals surface area contributed by atoms with Crippen molar-refractivity contribution in [1.82, 2.24) is 5.32 Å². The summed E-state index contributed by atoms with van der Waals surface area (Å²) in [6, 6.07) is 2.65. The van der Waals surface area contributed by atoms with E-state index in [4.69, 9.17) is 5.26 Å². The summed E-state index contributed by atoms with van der Waals surface area (Å²) < 4.78 is 0.00756. The van der Waals surface area contributed by atoms with Crippen LogP contribution in [-0.4, -0.2) is 17.8 Å². The molecule has 0 radical (unpaired) electrons. The number of nitrogens with zero attached hydrogens (tertiary/aromatic N) is 1. The molecular formula is C9H14BIN2O. The van der Waals surface area contributed by atoms with Crippen molar-refractivity contribution in [2.45, 2.75) is 43.5 Å². The molecule has 1 fully saturated rings. The number of nitrogens with one attached hydrogen (secondary N) is 1. The van der Waals surface area contributed by atoms with E-state index in [2.05, 4.69) is 11.4 Å². The van der Waals surface area contributed by atoms with Crippen molar-refractivity contribution in [2.75, 3.05) is 0 Å². The Morgan fingerprint density at radius 2 is 2.29 bits per heavy atom. The van der Waals surface area contributed by atoms with Gasteiger partial charge in [0.05, 0.1) is 6.07 Å². The number of carbonyl (C=O) groups is 1. The summed E-state index contributed by atoms with van der Waals surface area (Å²) in [7, 11) is 2.02. The quantitative estimate of drug-likeness (QED) is 0.264. The summed E-state index contributed by atoms with van der Waals surface area (Å²) in [5.41, 5.74) is 0. The zero-order chi connectivity index (χ0) is 10.6. The molecule has 2 unspecified atom stereocenters. The zero-order valence-electron chi connectivity index (χ0n) is 8.35. The van der Waals surface area contributed by atoms with E-state index in [-0.39, 0.29) is 15.3 Å². The smallest absolute Gasteiger partial charge is 0.280 e. The molecule has 1 amide bonds. The van der Waals surface area contributed by atoms with Crippen LogP contribution in [0.5, 0.6) is 0 Å². The van der Waals surface area contributed by atoms with Crippen molar-refractivity contribution >= 4 is 34.4 Å². The Bertz CT molecular complexity index is 266. The van der Waals surface area contributed by atoms with Gasteiger partial charge in [0, 0.05) is 33.9 Å². The third-order valence-electron chi connectivity index (χ3n) is 2.91. The summed E-state index contributed by atoms with van der Waals surface area (Å²) in [5.74, 6) is 0. The SMILES string of the molecule is BC1(C#N)CCCC(NC(=O)I)CC1. The van der Waals surface area contributed by atoms with Crippen LogP contribution >= 0.6 is 22.6 Å². The Hall–Kier alpha value is -0.245. The number of hydrogen-bond donors (Lipinski definition) is 1. The van der Waals surface area contributed by atoms with Crippen LogP contribution in [0.4, 0.5) is 4.79 Å². The van der Waals surface area contributed by atoms with Crippen LogP contribution in [0.1, 0.15) is 32.1 Å². The Labute approximate surface area is 99.2 Å². The van der Waals surface area contributed by atoms with E-state index in [0.717, 1.165) is 32.1 Å². The van der Waals surface area contributed by atoms with Crippen molar-refractivity contribution in [1.29, 1.82) is 5.26 Å². The molecule has 0 aromatic carbocycles. The molecule has 0 heterocycles. The van der Waals surface area contributed by atoms with E-state index in [1.54, 1.807) is 22.6 Å². The second-order valence-corrected chi connectivity index (χ2v) is 5.20. The van der Waals surface area contributed by atoms with Crippen molar-refractivity contribution < 1.29 is 4.79 Å². The van der Waals surface area contributed by atoms with Gasteiger partial charge in [0.2, 0.25) is 0 Å².